The summed E-state index contributed by atoms with van der Waals surface area (Å²) in [4.78, 5) is 2.53. The van der Waals surface area contributed by atoms with Gasteiger partial charge in [0, 0.05) is 24.7 Å². The smallest absolute Gasteiger partial charge is 0.0674 e. The van der Waals surface area contributed by atoms with Crippen LogP contribution in [0.4, 0.5) is 0 Å². The Bertz CT molecular complexity index is 216. The molecule has 15 heavy (non-hydrogen) atoms. The molecular weight excluding hydrogens is 188 g/mol. The summed E-state index contributed by atoms with van der Waals surface area (Å²) in [5.41, 5.74) is 6.41. The molecule has 1 saturated carbocycles. The van der Waals surface area contributed by atoms with Gasteiger partial charge < -0.3 is 10.5 Å². The number of morpholine rings is 1. The number of hydrogen-bond donors (Lipinski definition) is 1. The molecule has 2 unspecified atom stereocenters. The third-order valence-corrected chi connectivity index (χ3v) is 3.98. The van der Waals surface area contributed by atoms with Crippen LogP contribution in [0.2, 0.25) is 0 Å². The second-order valence-corrected chi connectivity index (χ2v) is 5.45. The number of rotatable bonds is 3. The minimum Gasteiger partial charge on any atom is -0.376 e. The van der Waals surface area contributed by atoms with E-state index in [0.29, 0.717) is 12.1 Å². The van der Waals surface area contributed by atoms with Gasteiger partial charge >= 0.3 is 0 Å². The zero-order valence-electron chi connectivity index (χ0n) is 10.0. The molecule has 1 aliphatic heterocycles. The molecule has 2 rings (SSSR count). The Labute approximate surface area is 93.0 Å². The third kappa shape index (κ3) is 2.71. The van der Waals surface area contributed by atoms with E-state index < -0.39 is 0 Å². The van der Waals surface area contributed by atoms with Gasteiger partial charge in [0.05, 0.1) is 12.7 Å². The molecule has 2 fully saturated rings. The van der Waals surface area contributed by atoms with Crippen LogP contribution in [0, 0.1) is 0 Å². The molecule has 3 nitrogen and oxygen atoms in total. The highest BCUT2D eigenvalue weighted by molar-refractivity contribution is 4.93. The predicted molar refractivity (Wildman–Crippen MR) is 61.8 cm³/mol. The number of nitrogens with two attached hydrogens (primary N) is 1. The first-order valence-electron chi connectivity index (χ1n) is 6.24. The molecule has 0 aromatic rings. The second kappa shape index (κ2) is 4.40. The maximum Gasteiger partial charge on any atom is 0.0674 e. The van der Waals surface area contributed by atoms with Gasteiger partial charge in [-0.05, 0) is 39.5 Å². The zero-order chi connectivity index (χ0) is 10.9. The fourth-order valence-electron chi connectivity index (χ4n) is 2.53. The van der Waals surface area contributed by atoms with E-state index >= 15 is 0 Å². The molecule has 0 radical (unpaired) electrons. The summed E-state index contributed by atoms with van der Waals surface area (Å²) < 4.78 is 5.62. The Hall–Kier alpha value is -0.120. The van der Waals surface area contributed by atoms with Gasteiger partial charge in [-0.1, -0.05) is 0 Å². The lowest BCUT2D eigenvalue weighted by Gasteiger charge is -2.42. The van der Waals surface area contributed by atoms with Crippen molar-refractivity contribution in [3.63, 3.8) is 0 Å². The molecule has 1 aliphatic carbocycles. The van der Waals surface area contributed by atoms with E-state index in [4.69, 9.17) is 10.5 Å². The zero-order valence-corrected chi connectivity index (χ0v) is 10.0. The molecule has 0 aromatic carbocycles. The molecule has 2 N–H and O–H groups in total. The summed E-state index contributed by atoms with van der Waals surface area (Å²) in [7, 11) is 0. The van der Waals surface area contributed by atoms with Crippen molar-refractivity contribution in [2.45, 2.75) is 57.2 Å². The summed E-state index contributed by atoms with van der Waals surface area (Å²) in [6.07, 6.45) is 5.31. The Balaban J connectivity index is 1.77. The Kier molecular flexibility index (Phi) is 3.33. The number of hydrogen-bond acceptors (Lipinski definition) is 3. The normalized spacial score (nSPS) is 36.2. The lowest BCUT2D eigenvalue weighted by molar-refractivity contribution is -0.0524. The summed E-state index contributed by atoms with van der Waals surface area (Å²) in [6.45, 7) is 7.48. The van der Waals surface area contributed by atoms with E-state index in [2.05, 4.69) is 18.7 Å². The first kappa shape index (κ1) is 11.4. The number of ether oxygens (including phenoxy) is 1. The van der Waals surface area contributed by atoms with Crippen LogP contribution in [0.25, 0.3) is 0 Å². The van der Waals surface area contributed by atoms with Gasteiger partial charge in [-0.15, -0.1) is 0 Å². The van der Waals surface area contributed by atoms with Crippen molar-refractivity contribution in [1.29, 1.82) is 0 Å². The van der Waals surface area contributed by atoms with Crippen LogP contribution in [-0.4, -0.2) is 42.3 Å². The topological polar surface area (TPSA) is 38.5 Å². The van der Waals surface area contributed by atoms with Crippen LogP contribution in [0.1, 0.15) is 39.5 Å². The first-order valence-corrected chi connectivity index (χ1v) is 6.24. The fraction of sp³-hybridized carbons (Fsp3) is 1.00. The van der Waals surface area contributed by atoms with Crippen LogP contribution in [0.5, 0.6) is 0 Å². The van der Waals surface area contributed by atoms with Crippen LogP contribution >= 0.6 is 0 Å². The molecule has 0 aromatic heterocycles. The van der Waals surface area contributed by atoms with Gasteiger partial charge in [-0.3, -0.25) is 4.90 Å². The van der Waals surface area contributed by atoms with Crippen molar-refractivity contribution < 1.29 is 4.74 Å². The third-order valence-electron chi connectivity index (χ3n) is 3.98. The summed E-state index contributed by atoms with van der Waals surface area (Å²) in [5, 5.41) is 0. The highest BCUT2D eigenvalue weighted by Gasteiger charge is 2.33. The first-order chi connectivity index (χ1) is 7.09. The molecule has 2 aliphatic rings. The quantitative estimate of drug-likeness (QED) is 0.768. The van der Waals surface area contributed by atoms with Gasteiger partial charge in [-0.25, -0.2) is 0 Å². The summed E-state index contributed by atoms with van der Waals surface area (Å²) in [5.74, 6) is 0. The van der Waals surface area contributed by atoms with Crippen LogP contribution in [0.15, 0.2) is 0 Å². The van der Waals surface area contributed by atoms with Crippen LogP contribution in [0.3, 0.4) is 0 Å². The van der Waals surface area contributed by atoms with Crippen molar-refractivity contribution >= 4 is 0 Å². The molecule has 1 heterocycles. The molecule has 88 valence electrons. The molecule has 3 heteroatoms. The molecule has 0 amide bonds. The molecular formula is C12H24N2O. The fourth-order valence-corrected chi connectivity index (χ4v) is 2.53. The van der Waals surface area contributed by atoms with Gasteiger partial charge in [0.15, 0.2) is 0 Å². The summed E-state index contributed by atoms with van der Waals surface area (Å²) >= 11 is 0. The van der Waals surface area contributed by atoms with Crippen molar-refractivity contribution in [1.82, 2.24) is 4.90 Å². The highest BCUT2D eigenvalue weighted by atomic mass is 16.5. The van der Waals surface area contributed by atoms with Gasteiger partial charge in [0.1, 0.15) is 0 Å². The maximum absolute atomic E-state index is 6.24. The van der Waals surface area contributed by atoms with E-state index in [1.54, 1.807) is 0 Å². The van der Waals surface area contributed by atoms with Gasteiger partial charge in [0.25, 0.3) is 0 Å². The monoisotopic (exact) mass is 212 g/mol. The van der Waals surface area contributed by atoms with Crippen molar-refractivity contribution in [2.75, 3.05) is 19.7 Å². The van der Waals surface area contributed by atoms with Crippen molar-refractivity contribution in [3.8, 4) is 0 Å². The minimum absolute atomic E-state index is 0.168. The average Bonchev–Trinajstić information content (AvgIpc) is 2.17. The Morgan fingerprint density at radius 3 is 2.73 bits per heavy atom. The Morgan fingerprint density at radius 2 is 2.13 bits per heavy atom. The SMILES string of the molecule is CC1CN(CCC2(N)CCC2)C(C)CO1. The number of nitrogens with zero attached hydrogens (tertiary/aromatic N) is 1. The standard InChI is InChI=1S/C12H24N2O/c1-10-9-15-11(2)8-14(10)7-6-12(13)4-3-5-12/h10-11H,3-9,13H2,1-2H3. The van der Waals surface area contributed by atoms with Gasteiger partial charge in [0.2, 0.25) is 0 Å². The second-order valence-electron chi connectivity index (χ2n) is 5.45. The van der Waals surface area contributed by atoms with E-state index in [9.17, 15) is 0 Å². The average molecular weight is 212 g/mol. The lowest BCUT2D eigenvalue weighted by Crippen LogP contribution is -2.52. The summed E-state index contributed by atoms with van der Waals surface area (Å²) in [6, 6.07) is 0.560. The molecule has 2 atom stereocenters. The predicted octanol–water partition coefficient (Wildman–Crippen LogP) is 1.37. The lowest BCUT2D eigenvalue weighted by atomic mass is 9.75. The van der Waals surface area contributed by atoms with Crippen LogP contribution in [-0.2, 0) is 4.74 Å². The van der Waals surface area contributed by atoms with Crippen LogP contribution < -0.4 is 5.73 Å². The van der Waals surface area contributed by atoms with E-state index in [1.165, 1.54) is 19.3 Å². The molecule has 0 bridgehead atoms. The highest BCUT2D eigenvalue weighted by Crippen LogP contribution is 2.32. The van der Waals surface area contributed by atoms with E-state index in [1.807, 2.05) is 0 Å². The van der Waals surface area contributed by atoms with Crippen molar-refractivity contribution in [2.24, 2.45) is 5.73 Å². The largest absolute Gasteiger partial charge is 0.376 e. The Morgan fingerprint density at radius 1 is 1.40 bits per heavy atom. The van der Waals surface area contributed by atoms with E-state index in [0.717, 1.165) is 26.1 Å². The minimum atomic E-state index is 0.168. The molecule has 1 saturated heterocycles. The maximum atomic E-state index is 6.24. The van der Waals surface area contributed by atoms with Crippen molar-refractivity contribution in [3.05, 3.63) is 0 Å². The van der Waals surface area contributed by atoms with Gasteiger partial charge in [-0.2, -0.15) is 0 Å². The molecule has 0 spiro atoms. The van der Waals surface area contributed by atoms with E-state index in [-0.39, 0.29) is 5.54 Å².